The van der Waals surface area contributed by atoms with Gasteiger partial charge in [0.2, 0.25) is 11.9 Å². The second-order valence-corrected chi connectivity index (χ2v) is 4.73. The number of piperidine rings is 1. The minimum atomic E-state index is 0.128. The summed E-state index contributed by atoms with van der Waals surface area (Å²) in [4.78, 5) is 22.3. The quantitative estimate of drug-likeness (QED) is 0.792. The van der Waals surface area contributed by atoms with Gasteiger partial charge in [-0.15, -0.1) is 0 Å². The Hall–Kier alpha value is -1.69. The van der Waals surface area contributed by atoms with Crippen molar-refractivity contribution < 1.29 is 4.79 Å². The zero-order valence-corrected chi connectivity index (χ0v) is 11.3. The summed E-state index contributed by atoms with van der Waals surface area (Å²) in [6, 6.07) is 2.10. The highest BCUT2D eigenvalue weighted by Crippen LogP contribution is 2.15. The molecular formula is C13H21N5O. The Bertz CT molecular complexity index is 389. The van der Waals surface area contributed by atoms with E-state index in [0.29, 0.717) is 6.42 Å². The SMILES string of the molecule is CNCCC(=O)NC1CCN(c2ncccn2)CC1. The van der Waals surface area contributed by atoms with Crippen LogP contribution in [0.2, 0.25) is 0 Å². The lowest BCUT2D eigenvalue weighted by Gasteiger charge is -2.32. The minimum Gasteiger partial charge on any atom is -0.353 e. The van der Waals surface area contributed by atoms with Crippen LogP contribution in [0.5, 0.6) is 0 Å². The Morgan fingerprint density at radius 3 is 2.68 bits per heavy atom. The van der Waals surface area contributed by atoms with Crippen LogP contribution in [-0.4, -0.2) is 48.6 Å². The zero-order valence-electron chi connectivity index (χ0n) is 11.3. The first-order chi connectivity index (χ1) is 9.29. The van der Waals surface area contributed by atoms with Crippen LogP contribution in [0.1, 0.15) is 19.3 Å². The fourth-order valence-electron chi connectivity index (χ4n) is 2.22. The number of nitrogens with one attached hydrogen (secondary N) is 2. The second-order valence-electron chi connectivity index (χ2n) is 4.73. The largest absolute Gasteiger partial charge is 0.353 e. The van der Waals surface area contributed by atoms with E-state index in [1.54, 1.807) is 12.4 Å². The highest BCUT2D eigenvalue weighted by Gasteiger charge is 2.21. The molecule has 1 aromatic heterocycles. The van der Waals surface area contributed by atoms with Crippen LogP contribution in [0.4, 0.5) is 5.95 Å². The van der Waals surface area contributed by atoms with E-state index in [4.69, 9.17) is 0 Å². The van der Waals surface area contributed by atoms with Gasteiger partial charge in [-0.2, -0.15) is 0 Å². The van der Waals surface area contributed by atoms with E-state index in [9.17, 15) is 4.79 Å². The van der Waals surface area contributed by atoms with Crippen molar-refractivity contribution in [3.63, 3.8) is 0 Å². The summed E-state index contributed by atoms with van der Waals surface area (Å²) < 4.78 is 0. The van der Waals surface area contributed by atoms with Crippen molar-refractivity contribution in [1.29, 1.82) is 0 Å². The van der Waals surface area contributed by atoms with Gasteiger partial charge in [-0.3, -0.25) is 4.79 Å². The standard InChI is InChI=1S/C13H21N5O/c1-14-8-3-12(19)17-11-4-9-18(10-5-11)13-15-6-2-7-16-13/h2,6-7,11,14H,3-5,8-10H2,1H3,(H,17,19). The Morgan fingerprint density at radius 1 is 1.37 bits per heavy atom. The first-order valence-electron chi connectivity index (χ1n) is 6.75. The van der Waals surface area contributed by atoms with Crippen LogP contribution in [0, 0.1) is 0 Å². The molecule has 2 rings (SSSR count). The summed E-state index contributed by atoms with van der Waals surface area (Å²) in [6.45, 7) is 2.50. The van der Waals surface area contributed by atoms with Crippen LogP contribution in [0.3, 0.4) is 0 Å². The summed E-state index contributed by atoms with van der Waals surface area (Å²) >= 11 is 0. The number of aromatic nitrogens is 2. The van der Waals surface area contributed by atoms with E-state index in [1.807, 2.05) is 13.1 Å². The lowest BCUT2D eigenvalue weighted by molar-refractivity contribution is -0.121. The summed E-state index contributed by atoms with van der Waals surface area (Å²) in [5, 5.41) is 6.06. The topological polar surface area (TPSA) is 70.2 Å². The van der Waals surface area contributed by atoms with Gasteiger partial charge in [0.05, 0.1) is 0 Å². The maximum atomic E-state index is 11.6. The molecule has 0 radical (unpaired) electrons. The third-order valence-corrected chi connectivity index (χ3v) is 3.30. The summed E-state index contributed by atoms with van der Waals surface area (Å²) in [5.74, 6) is 0.909. The van der Waals surface area contributed by atoms with Crippen molar-refractivity contribution in [3.05, 3.63) is 18.5 Å². The summed E-state index contributed by atoms with van der Waals surface area (Å²) in [7, 11) is 1.85. The molecule has 0 aliphatic carbocycles. The molecule has 1 amide bonds. The molecule has 0 bridgehead atoms. The van der Waals surface area contributed by atoms with Crippen LogP contribution in [0.25, 0.3) is 0 Å². The van der Waals surface area contributed by atoms with E-state index in [2.05, 4.69) is 25.5 Å². The lowest BCUT2D eigenvalue weighted by Crippen LogP contribution is -2.45. The number of hydrogen-bond donors (Lipinski definition) is 2. The number of nitrogens with zero attached hydrogens (tertiary/aromatic N) is 3. The molecule has 0 saturated carbocycles. The van der Waals surface area contributed by atoms with Gasteiger partial charge in [-0.05, 0) is 26.0 Å². The summed E-state index contributed by atoms with van der Waals surface area (Å²) in [5.41, 5.74) is 0. The molecule has 0 aromatic carbocycles. The second kappa shape index (κ2) is 7.04. The van der Waals surface area contributed by atoms with E-state index in [-0.39, 0.29) is 11.9 Å². The van der Waals surface area contributed by atoms with E-state index in [1.165, 1.54) is 0 Å². The fraction of sp³-hybridized carbons (Fsp3) is 0.615. The first-order valence-corrected chi connectivity index (χ1v) is 6.75. The third kappa shape index (κ3) is 4.17. The predicted octanol–water partition coefficient (Wildman–Crippen LogP) is 0.171. The molecular weight excluding hydrogens is 242 g/mol. The van der Waals surface area contributed by atoms with Crippen molar-refractivity contribution in [1.82, 2.24) is 20.6 Å². The number of anilines is 1. The van der Waals surface area contributed by atoms with Crippen molar-refractivity contribution in [3.8, 4) is 0 Å². The van der Waals surface area contributed by atoms with Gasteiger partial charge in [0.25, 0.3) is 0 Å². The van der Waals surface area contributed by atoms with Crippen molar-refractivity contribution in [2.45, 2.75) is 25.3 Å². The van der Waals surface area contributed by atoms with Gasteiger partial charge in [0.15, 0.2) is 0 Å². The van der Waals surface area contributed by atoms with Crippen LogP contribution >= 0.6 is 0 Å². The number of carbonyl (C=O) groups excluding carboxylic acids is 1. The van der Waals surface area contributed by atoms with Gasteiger partial charge < -0.3 is 15.5 Å². The highest BCUT2D eigenvalue weighted by atomic mass is 16.1. The third-order valence-electron chi connectivity index (χ3n) is 3.30. The van der Waals surface area contributed by atoms with Crippen molar-refractivity contribution in [2.24, 2.45) is 0 Å². The molecule has 1 fully saturated rings. The predicted molar refractivity (Wildman–Crippen MR) is 74.0 cm³/mol. The molecule has 104 valence electrons. The van der Waals surface area contributed by atoms with E-state index in [0.717, 1.165) is 38.4 Å². The molecule has 0 unspecified atom stereocenters. The lowest BCUT2D eigenvalue weighted by atomic mass is 10.1. The molecule has 1 aliphatic rings. The number of amides is 1. The van der Waals surface area contributed by atoms with Crippen LogP contribution in [0.15, 0.2) is 18.5 Å². The number of hydrogen-bond acceptors (Lipinski definition) is 5. The zero-order chi connectivity index (χ0) is 13.5. The van der Waals surface area contributed by atoms with Crippen molar-refractivity contribution >= 4 is 11.9 Å². The van der Waals surface area contributed by atoms with Gasteiger partial charge in [-0.1, -0.05) is 0 Å². The van der Waals surface area contributed by atoms with Gasteiger partial charge in [-0.25, -0.2) is 9.97 Å². The summed E-state index contributed by atoms with van der Waals surface area (Å²) in [6.07, 6.45) is 5.95. The maximum absolute atomic E-state index is 11.6. The smallest absolute Gasteiger partial charge is 0.225 e. The van der Waals surface area contributed by atoms with Crippen LogP contribution < -0.4 is 15.5 Å². The van der Waals surface area contributed by atoms with E-state index < -0.39 is 0 Å². The van der Waals surface area contributed by atoms with Crippen molar-refractivity contribution in [2.75, 3.05) is 31.6 Å². The van der Waals surface area contributed by atoms with Crippen LogP contribution in [-0.2, 0) is 4.79 Å². The molecule has 6 nitrogen and oxygen atoms in total. The van der Waals surface area contributed by atoms with Gasteiger partial charge in [0, 0.05) is 44.5 Å². The average Bonchev–Trinajstić information content (AvgIpc) is 2.47. The highest BCUT2D eigenvalue weighted by molar-refractivity contribution is 5.76. The normalized spacial score (nSPS) is 16.4. The Morgan fingerprint density at radius 2 is 2.05 bits per heavy atom. The molecule has 6 heteroatoms. The molecule has 2 N–H and O–H groups in total. The Labute approximate surface area is 113 Å². The van der Waals surface area contributed by atoms with Gasteiger partial charge >= 0.3 is 0 Å². The van der Waals surface area contributed by atoms with Gasteiger partial charge in [0.1, 0.15) is 0 Å². The molecule has 1 aromatic rings. The monoisotopic (exact) mass is 263 g/mol. The first kappa shape index (κ1) is 13.7. The van der Waals surface area contributed by atoms with E-state index >= 15 is 0 Å². The molecule has 19 heavy (non-hydrogen) atoms. The molecule has 1 saturated heterocycles. The Balaban J connectivity index is 1.75. The number of carbonyl (C=O) groups is 1. The molecule has 0 spiro atoms. The minimum absolute atomic E-state index is 0.128. The fourth-order valence-corrected chi connectivity index (χ4v) is 2.22. The molecule has 2 heterocycles. The average molecular weight is 263 g/mol. The number of rotatable bonds is 5. The molecule has 1 aliphatic heterocycles. The Kier molecular flexibility index (Phi) is 5.09. The maximum Gasteiger partial charge on any atom is 0.225 e. The molecule has 0 atom stereocenters.